The summed E-state index contributed by atoms with van der Waals surface area (Å²) in [7, 11) is 0. The Labute approximate surface area is 131 Å². The summed E-state index contributed by atoms with van der Waals surface area (Å²) in [5, 5.41) is 10.2. The number of carbonyl (C=O) groups excluding carboxylic acids is 1. The Balaban J connectivity index is 1.99. The Kier molecular flexibility index (Phi) is 5.20. The highest BCUT2D eigenvalue weighted by Crippen LogP contribution is 2.20. The van der Waals surface area contributed by atoms with Crippen LogP contribution >= 0.6 is 0 Å². The fourth-order valence-electron chi connectivity index (χ4n) is 2.34. The molecule has 0 unspecified atom stereocenters. The molecule has 0 saturated heterocycles. The van der Waals surface area contributed by atoms with Crippen molar-refractivity contribution in [2.75, 3.05) is 5.32 Å². The lowest BCUT2D eigenvalue weighted by Crippen LogP contribution is -2.31. The molecule has 2 atom stereocenters. The van der Waals surface area contributed by atoms with Crippen molar-refractivity contribution in [3.05, 3.63) is 47.8 Å². The monoisotopic (exact) mass is 300 g/mol. The summed E-state index contributed by atoms with van der Waals surface area (Å²) in [4.78, 5) is 12.1. The van der Waals surface area contributed by atoms with Crippen LogP contribution in [0.2, 0.25) is 0 Å². The summed E-state index contributed by atoms with van der Waals surface area (Å²) in [6.45, 7) is 8.16. The maximum absolute atomic E-state index is 12.1. The van der Waals surface area contributed by atoms with Crippen LogP contribution in [0.25, 0.3) is 0 Å². The minimum Gasteiger partial charge on any atom is -0.331 e. The Morgan fingerprint density at radius 2 is 1.95 bits per heavy atom. The number of aromatic nitrogens is 2. The van der Waals surface area contributed by atoms with Crippen LogP contribution in [0.4, 0.5) is 10.5 Å². The number of hydrogen-bond acceptors (Lipinski definition) is 2. The van der Waals surface area contributed by atoms with Gasteiger partial charge in [-0.3, -0.25) is 4.68 Å². The second-order valence-electron chi connectivity index (χ2n) is 5.58. The summed E-state index contributed by atoms with van der Waals surface area (Å²) >= 11 is 0. The van der Waals surface area contributed by atoms with E-state index >= 15 is 0 Å². The van der Waals surface area contributed by atoms with Crippen LogP contribution in [0.15, 0.2) is 36.5 Å². The molecule has 2 aromatic rings. The lowest BCUT2D eigenvalue weighted by molar-refractivity contribution is 0.249. The van der Waals surface area contributed by atoms with Gasteiger partial charge in [-0.25, -0.2) is 4.79 Å². The van der Waals surface area contributed by atoms with Crippen molar-refractivity contribution in [3.8, 4) is 0 Å². The van der Waals surface area contributed by atoms with E-state index in [4.69, 9.17) is 0 Å². The zero-order valence-corrected chi connectivity index (χ0v) is 13.6. The molecule has 0 bridgehead atoms. The highest BCUT2D eigenvalue weighted by atomic mass is 16.2. The first kappa shape index (κ1) is 16.1. The van der Waals surface area contributed by atoms with Gasteiger partial charge in [0.1, 0.15) is 0 Å². The minimum absolute atomic E-state index is 0.0499. The van der Waals surface area contributed by atoms with Gasteiger partial charge in [0.05, 0.1) is 23.6 Å². The van der Waals surface area contributed by atoms with E-state index in [0.717, 1.165) is 23.4 Å². The summed E-state index contributed by atoms with van der Waals surface area (Å²) in [5.41, 5.74) is 2.79. The number of carbonyl (C=O) groups is 1. The first-order chi connectivity index (χ1) is 10.5. The Hall–Kier alpha value is -2.30. The topological polar surface area (TPSA) is 59.0 Å². The zero-order chi connectivity index (χ0) is 16.1. The van der Waals surface area contributed by atoms with Gasteiger partial charge in [0.25, 0.3) is 0 Å². The molecule has 0 aliphatic carbocycles. The average Bonchev–Trinajstić information content (AvgIpc) is 2.88. The van der Waals surface area contributed by atoms with Crippen LogP contribution in [0, 0.1) is 6.92 Å². The summed E-state index contributed by atoms with van der Waals surface area (Å²) in [5.74, 6) is 0. The highest BCUT2D eigenvalue weighted by molar-refractivity contribution is 5.89. The fourth-order valence-corrected chi connectivity index (χ4v) is 2.34. The molecular weight excluding hydrogens is 276 g/mol. The van der Waals surface area contributed by atoms with Crippen LogP contribution in [-0.4, -0.2) is 15.8 Å². The molecule has 0 aliphatic heterocycles. The minimum atomic E-state index is -0.219. The predicted octanol–water partition coefficient (Wildman–Crippen LogP) is 4.05. The Morgan fingerprint density at radius 1 is 1.27 bits per heavy atom. The van der Waals surface area contributed by atoms with Crippen molar-refractivity contribution in [1.82, 2.24) is 15.1 Å². The van der Waals surface area contributed by atoms with Crippen LogP contribution in [0.1, 0.15) is 50.5 Å². The Bertz CT molecular complexity index is 621. The maximum Gasteiger partial charge on any atom is 0.319 e. The van der Waals surface area contributed by atoms with Gasteiger partial charge in [0.2, 0.25) is 0 Å². The molecule has 2 rings (SSSR count). The molecule has 0 spiro atoms. The molecule has 1 aromatic heterocycles. The highest BCUT2D eigenvalue weighted by Gasteiger charge is 2.14. The van der Waals surface area contributed by atoms with Gasteiger partial charge < -0.3 is 10.6 Å². The molecule has 0 aliphatic rings. The Morgan fingerprint density at radius 3 is 2.59 bits per heavy atom. The average molecular weight is 300 g/mol. The number of benzene rings is 1. The number of amides is 2. The summed E-state index contributed by atoms with van der Waals surface area (Å²) in [6.07, 6.45) is 2.70. The SMILES string of the molecule is CC[C@H](C)n1ncc(NC(=O)N[C@@H](C)c2ccccc2)c1C. The normalized spacial score (nSPS) is 13.5. The second kappa shape index (κ2) is 7.11. The van der Waals surface area contributed by atoms with Crippen molar-refractivity contribution < 1.29 is 4.79 Å². The van der Waals surface area contributed by atoms with Gasteiger partial charge >= 0.3 is 6.03 Å². The first-order valence-corrected chi connectivity index (χ1v) is 7.69. The van der Waals surface area contributed by atoms with Crippen molar-refractivity contribution in [1.29, 1.82) is 0 Å². The number of nitrogens with one attached hydrogen (secondary N) is 2. The number of hydrogen-bond donors (Lipinski definition) is 2. The van der Waals surface area contributed by atoms with Gasteiger partial charge in [-0.1, -0.05) is 37.3 Å². The predicted molar refractivity (Wildman–Crippen MR) is 89.0 cm³/mol. The van der Waals surface area contributed by atoms with Gasteiger partial charge in [-0.05, 0) is 32.8 Å². The van der Waals surface area contributed by atoms with Crippen molar-refractivity contribution in [3.63, 3.8) is 0 Å². The van der Waals surface area contributed by atoms with Crippen LogP contribution in [-0.2, 0) is 0 Å². The summed E-state index contributed by atoms with van der Waals surface area (Å²) < 4.78 is 1.94. The van der Waals surface area contributed by atoms with Crippen LogP contribution < -0.4 is 10.6 Å². The van der Waals surface area contributed by atoms with Crippen molar-refractivity contribution in [2.45, 2.75) is 46.2 Å². The van der Waals surface area contributed by atoms with E-state index < -0.39 is 0 Å². The van der Waals surface area contributed by atoms with Gasteiger partial charge in [0.15, 0.2) is 0 Å². The molecule has 1 aromatic carbocycles. The van der Waals surface area contributed by atoms with E-state index in [-0.39, 0.29) is 12.1 Å². The molecule has 5 nitrogen and oxygen atoms in total. The van der Waals surface area contributed by atoms with Gasteiger partial charge in [-0.2, -0.15) is 5.10 Å². The van der Waals surface area contributed by atoms with E-state index in [1.165, 1.54) is 0 Å². The quantitative estimate of drug-likeness (QED) is 0.875. The van der Waals surface area contributed by atoms with Crippen molar-refractivity contribution >= 4 is 11.7 Å². The lowest BCUT2D eigenvalue weighted by atomic mass is 10.1. The molecule has 118 valence electrons. The number of rotatable bonds is 5. The van der Waals surface area contributed by atoms with E-state index in [1.54, 1.807) is 6.20 Å². The number of nitrogens with zero attached hydrogens (tertiary/aromatic N) is 2. The molecular formula is C17H24N4O. The van der Waals surface area contributed by atoms with Crippen molar-refractivity contribution in [2.24, 2.45) is 0 Å². The number of anilines is 1. The van der Waals surface area contributed by atoms with E-state index in [1.807, 2.05) is 48.9 Å². The van der Waals surface area contributed by atoms with Crippen LogP contribution in [0.5, 0.6) is 0 Å². The standard InChI is InChI=1S/C17H24N4O/c1-5-12(2)21-14(4)16(11-18-21)20-17(22)19-13(3)15-9-7-6-8-10-15/h6-13H,5H2,1-4H3,(H2,19,20,22)/t12-,13-/m0/s1. The molecule has 0 radical (unpaired) electrons. The largest absolute Gasteiger partial charge is 0.331 e. The van der Waals surface area contributed by atoms with E-state index in [2.05, 4.69) is 29.6 Å². The van der Waals surface area contributed by atoms with Gasteiger partial charge in [-0.15, -0.1) is 0 Å². The molecule has 1 heterocycles. The third-order valence-electron chi connectivity index (χ3n) is 3.95. The van der Waals surface area contributed by atoms with E-state index in [0.29, 0.717) is 6.04 Å². The molecule has 0 fully saturated rings. The van der Waals surface area contributed by atoms with Gasteiger partial charge in [0, 0.05) is 6.04 Å². The molecule has 2 amide bonds. The first-order valence-electron chi connectivity index (χ1n) is 7.69. The molecule has 2 N–H and O–H groups in total. The van der Waals surface area contributed by atoms with E-state index in [9.17, 15) is 4.79 Å². The maximum atomic E-state index is 12.1. The fraction of sp³-hybridized carbons (Fsp3) is 0.412. The molecule has 0 saturated carbocycles. The third-order valence-corrected chi connectivity index (χ3v) is 3.95. The smallest absolute Gasteiger partial charge is 0.319 e. The molecule has 5 heteroatoms. The summed E-state index contributed by atoms with van der Waals surface area (Å²) in [6, 6.07) is 9.94. The molecule has 22 heavy (non-hydrogen) atoms. The van der Waals surface area contributed by atoms with Crippen LogP contribution in [0.3, 0.4) is 0 Å². The number of urea groups is 1. The third kappa shape index (κ3) is 3.67. The zero-order valence-electron chi connectivity index (χ0n) is 13.6. The lowest BCUT2D eigenvalue weighted by Gasteiger charge is -2.15. The second-order valence-corrected chi connectivity index (χ2v) is 5.58.